The van der Waals surface area contributed by atoms with E-state index in [1.54, 1.807) is 12.1 Å². The van der Waals surface area contributed by atoms with E-state index >= 15 is 0 Å². The molecule has 1 aliphatic rings. The Labute approximate surface area is 128 Å². The minimum Gasteiger partial charge on any atom is -0.478 e. The predicted octanol–water partition coefficient (Wildman–Crippen LogP) is 1.71. The number of carboxylic acids is 1. The lowest BCUT2D eigenvalue weighted by atomic mass is 10.1. The Bertz CT molecular complexity index is 547. The van der Waals surface area contributed by atoms with Gasteiger partial charge in [-0.2, -0.15) is 0 Å². The van der Waals surface area contributed by atoms with Crippen molar-refractivity contribution in [3.05, 3.63) is 35.4 Å². The average molecular weight is 309 g/mol. The van der Waals surface area contributed by atoms with Crippen LogP contribution >= 0.6 is 0 Å². The number of hydrogen-bond acceptors (Lipinski definition) is 5. The maximum atomic E-state index is 12.1. The zero-order chi connectivity index (χ0) is 16.1. The van der Waals surface area contributed by atoms with Gasteiger partial charge >= 0.3 is 12.1 Å². The van der Waals surface area contributed by atoms with E-state index in [1.165, 1.54) is 24.1 Å². The van der Waals surface area contributed by atoms with Crippen LogP contribution in [0.25, 0.3) is 0 Å². The lowest BCUT2D eigenvalue weighted by Gasteiger charge is -2.35. The molecule has 1 aromatic carbocycles. The van der Waals surface area contributed by atoms with Gasteiger partial charge < -0.3 is 24.2 Å². The summed E-state index contributed by atoms with van der Waals surface area (Å²) in [6, 6.07) is 6.29. The molecule has 22 heavy (non-hydrogen) atoms. The number of aromatic carboxylic acids is 1. The van der Waals surface area contributed by atoms with Crippen molar-refractivity contribution in [3.8, 4) is 0 Å². The van der Waals surface area contributed by atoms with Crippen molar-refractivity contribution in [1.82, 2.24) is 4.90 Å². The third-order valence-corrected chi connectivity index (χ3v) is 3.29. The number of carbonyl (C=O) groups is 2. The lowest BCUT2D eigenvalue weighted by molar-refractivity contribution is -0.188. The molecule has 7 heteroatoms. The maximum Gasteiger partial charge on any atom is 0.410 e. The Hall–Kier alpha value is -2.12. The molecular weight excluding hydrogens is 290 g/mol. The van der Waals surface area contributed by atoms with E-state index in [0.29, 0.717) is 18.7 Å². The summed E-state index contributed by atoms with van der Waals surface area (Å²) in [5.41, 5.74) is 0.783. The molecule has 1 aromatic rings. The molecule has 1 heterocycles. The van der Waals surface area contributed by atoms with E-state index in [0.717, 1.165) is 0 Å². The van der Waals surface area contributed by atoms with E-state index in [-0.39, 0.29) is 18.3 Å². The molecule has 0 saturated carbocycles. The Morgan fingerprint density at radius 2 is 2.18 bits per heavy atom. The molecule has 120 valence electrons. The second-order valence-electron chi connectivity index (χ2n) is 5.08. The smallest absolute Gasteiger partial charge is 0.410 e. The van der Waals surface area contributed by atoms with E-state index in [2.05, 4.69) is 0 Å². The first kappa shape index (κ1) is 16.3. The van der Waals surface area contributed by atoms with Crippen LogP contribution in [0.2, 0.25) is 0 Å². The summed E-state index contributed by atoms with van der Waals surface area (Å²) >= 11 is 0. The SMILES string of the molecule is COC1CN(C(=O)OCc2cccc(C(=O)O)c2)C[C@@H](C)O1. The van der Waals surface area contributed by atoms with Crippen LogP contribution < -0.4 is 0 Å². The number of ether oxygens (including phenoxy) is 3. The van der Waals surface area contributed by atoms with Gasteiger partial charge in [0.2, 0.25) is 0 Å². The van der Waals surface area contributed by atoms with E-state index in [1.807, 2.05) is 6.92 Å². The monoisotopic (exact) mass is 309 g/mol. The Kier molecular flexibility index (Phi) is 5.35. The molecule has 0 aromatic heterocycles. The van der Waals surface area contributed by atoms with E-state index in [9.17, 15) is 9.59 Å². The highest BCUT2D eigenvalue weighted by molar-refractivity contribution is 5.87. The third-order valence-electron chi connectivity index (χ3n) is 3.29. The number of benzene rings is 1. The van der Waals surface area contributed by atoms with Gasteiger partial charge in [0.15, 0.2) is 6.29 Å². The summed E-state index contributed by atoms with van der Waals surface area (Å²) in [5, 5.41) is 8.93. The van der Waals surface area contributed by atoms with Crippen LogP contribution in [0.1, 0.15) is 22.8 Å². The first-order valence-corrected chi connectivity index (χ1v) is 6.91. The van der Waals surface area contributed by atoms with Gasteiger partial charge in [-0.25, -0.2) is 9.59 Å². The fourth-order valence-electron chi connectivity index (χ4n) is 2.22. The Balaban J connectivity index is 1.92. The summed E-state index contributed by atoms with van der Waals surface area (Å²) in [4.78, 5) is 24.5. The quantitative estimate of drug-likeness (QED) is 0.911. The normalized spacial score (nSPS) is 21.5. The maximum absolute atomic E-state index is 12.1. The molecule has 1 N–H and O–H groups in total. The number of rotatable bonds is 4. The van der Waals surface area contributed by atoms with Crippen LogP contribution in [0, 0.1) is 0 Å². The minimum absolute atomic E-state index is 0.0172. The second-order valence-corrected chi connectivity index (χ2v) is 5.08. The Morgan fingerprint density at radius 1 is 1.41 bits per heavy atom. The molecular formula is C15H19NO6. The molecule has 7 nitrogen and oxygen atoms in total. The first-order chi connectivity index (χ1) is 10.5. The molecule has 0 spiro atoms. The number of nitrogens with zero attached hydrogens (tertiary/aromatic N) is 1. The number of carboxylic acid groups (broad SMARTS) is 1. The highest BCUT2D eigenvalue weighted by Crippen LogP contribution is 2.14. The summed E-state index contributed by atoms with van der Waals surface area (Å²) in [6.45, 7) is 2.59. The summed E-state index contributed by atoms with van der Waals surface area (Å²) < 4.78 is 15.8. The van der Waals surface area contributed by atoms with Crippen LogP contribution in [0.4, 0.5) is 4.79 Å². The van der Waals surface area contributed by atoms with Gasteiger partial charge in [-0.05, 0) is 24.6 Å². The number of methoxy groups -OCH3 is 1. The van der Waals surface area contributed by atoms with Crippen LogP contribution in [0.5, 0.6) is 0 Å². The average Bonchev–Trinajstić information content (AvgIpc) is 2.52. The molecule has 1 aliphatic heterocycles. The van der Waals surface area contributed by atoms with Gasteiger partial charge in [0.05, 0.1) is 24.8 Å². The molecule has 2 rings (SSSR count). The number of hydrogen-bond donors (Lipinski definition) is 1. The summed E-state index contributed by atoms with van der Waals surface area (Å²) in [7, 11) is 1.52. The minimum atomic E-state index is -1.02. The summed E-state index contributed by atoms with van der Waals surface area (Å²) in [5.74, 6) is -1.02. The van der Waals surface area contributed by atoms with Crippen molar-refractivity contribution in [2.45, 2.75) is 25.9 Å². The molecule has 0 aliphatic carbocycles. The first-order valence-electron chi connectivity index (χ1n) is 6.91. The molecule has 1 fully saturated rings. The zero-order valence-electron chi connectivity index (χ0n) is 12.5. The molecule has 1 saturated heterocycles. The van der Waals surface area contributed by atoms with Gasteiger partial charge in [-0.3, -0.25) is 0 Å². The summed E-state index contributed by atoms with van der Waals surface area (Å²) in [6.07, 6.45) is -1.08. The molecule has 0 radical (unpaired) electrons. The van der Waals surface area contributed by atoms with Crippen molar-refractivity contribution in [2.24, 2.45) is 0 Å². The highest BCUT2D eigenvalue weighted by atomic mass is 16.7. The third kappa shape index (κ3) is 4.19. The van der Waals surface area contributed by atoms with Crippen molar-refractivity contribution in [2.75, 3.05) is 20.2 Å². The van der Waals surface area contributed by atoms with Crippen molar-refractivity contribution in [1.29, 1.82) is 0 Å². The standard InChI is InChI=1S/C15H19NO6/c1-10-7-16(8-13(20-2)22-10)15(19)21-9-11-4-3-5-12(6-11)14(17)18/h3-6,10,13H,7-9H2,1-2H3,(H,17,18)/t10-,13?/m1/s1. The van der Waals surface area contributed by atoms with E-state index < -0.39 is 18.4 Å². The van der Waals surface area contributed by atoms with Crippen molar-refractivity contribution >= 4 is 12.1 Å². The van der Waals surface area contributed by atoms with Crippen LogP contribution in [0.15, 0.2) is 24.3 Å². The van der Waals surface area contributed by atoms with Crippen LogP contribution in [-0.4, -0.2) is 54.7 Å². The number of morpholine rings is 1. The van der Waals surface area contributed by atoms with Crippen molar-refractivity contribution in [3.63, 3.8) is 0 Å². The van der Waals surface area contributed by atoms with Crippen LogP contribution in [0.3, 0.4) is 0 Å². The van der Waals surface area contributed by atoms with Gasteiger partial charge in [-0.15, -0.1) is 0 Å². The van der Waals surface area contributed by atoms with E-state index in [4.69, 9.17) is 19.3 Å². The molecule has 2 atom stereocenters. The van der Waals surface area contributed by atoms with Gasteiger partial charge in [0.25, 0.3) is 0 Å². The largest absolute Gasteiger partial charge is 0.478 e. The number of amides is 1. The lowest BCUT2D eigenvalue weighted by Crippen LogP contribution is -2.49. The van der Waals surface area contributed by atoms with Crippen LogP contribution in [-0.2, 0) is 20.8 Å². The molecule has 1 unspecified atom stereocenters. The Morgan fingerprint density at radius 3 is 2.86 bits per heavy atom. The van der Waals surface area contributed by atoms with Crippen molar-refractivity contribution < 1.29 is 28.9 Å². The van der Waals surface area contributed by atoms with Gasteiger partial charge in [0.1, 0.15) is 6.61 Å². The second kappa shape index (κ2) is 7.24. The fourth-order valence-corrected chi connectivity index (χ4v) is 2.22. The van der Waals surface area contributed by atoms with Gasteiger partial charge in [0, 0.05) is 7.11 Å². The molecule has 1 amide bonds. The molecule has 0 bridgehead atoms. The predicted molar refractivity (Wildman–Crippen MR) is 76.5 cm³/mol. The zero-order valence-corrected chi connectivity index (χ0v) is 12.5. The topological polar surface area (TPSA) is 85.3 Å². The number of carbonyl (C=O) groups excluding carboxylic acids is 1. The van der Waals surface area contributed by atoms with Gasteiger partial charge in [-0.1, -0.05) is 12.1 Å². The highest BCUT2D eigenvalue weighted by Gasteiger charge is 2.29. The fraction of sp³-hybridized carbons (Fsp3) is 0.467.